The zero-order valence-electron chi connectivity index (χ0n) is 16.6. The number of carbonyl (C=O) groups is 1. The van der Waals surface area contributed by atoms with Crippen molar-refractivity contribution in [3.8, 4) is 0 Å². The molecule has 0 fully saturated rings. The summed E-state index contributed by atoms with van der Waals surface area (Å²) in [6.07, 6.45) is 7.10. The molecule has 0 aliphatic heterocycles. The number of thioether (sulfide) groups is 1. The molecule has 2 unspecified atom stereocenters. The van der Waals surface area contributed by atoms with Crippen molar-refractivity contribution in [2.45, 2.75) is 83.0 Å². The molecule has 6 heteroatoms. The number of ether oxygens (including phenoxy) is 1. The van der Waals surface area contributed by atoms with Crippen molar-refractivity contribution < 1.29 is 14.6 Å². The first-order chi connectivity index (χ1) is 11.3. The Labute approximate surface area is 164 Å². The van der Waals surface area contributed by atoms with Crippen LogP contribution in [0.5, 0.6) is 0 Å². The Kier molecular flexibility index (Phi) is 8.37. The summed E-state index contributed by atoms with van der Waals surface area (Å²) >= 11 is 7.01. The highest BCUT2D eigenvalue weighted by atomic mass is 32.2. The van der Waals surface area contributed by atoms with Crippen LogP contribution in [0.15, 0.2) is 12.2 Å². The molecule has 0 aromatic heterocycles. The highest BCUT2D eigenvalue weighted by Crippen LogP contribution is 2.31. The zero-order valence-corrected chi connectivity index (χ0v) is 19.2. The molecule has 0 amide bonds. The standard InChI is InChI=1S/C19H34O3S2Si/c1-18(2,3)14-22-17(23)24-16(25(4,5)6)11-10-15(20)19(21)12-8-7-9-13-19/h8,12,16,21H,7,9-11,13-14H2,1-6H3. The molecule has 0 bridgehead atoms. The third-order valence-corrected chi connectivity index (χ3v) is 10.2. The van der Waals surface area contributed by atoms with Crippen LogP contribution < -0.4 is 0 Å². The van der Waals surface area contributed by atoms with Crippen molar-refractivity contribution in [3.63, 3.8) is 0 Å². The topological polar surface area (TPSA) is 46.5 Å². The summed E-state index contributed by atoms with van der Waals surface area (Å²) in [4.78, 5) is 12.8. The Balaban J connectivity index is 2.62. The third kappa shape index (κ3) is 8.37. The fourth-order valence-electron chi connectivity index (χ4n) is 2.66. The fraction of sp³-hybridized carbons (Fsp3) is 0.789. The van der Waals surface area contributed by atoms with Crippen LogP contribution in [0.1, 0.15) is 52.9 Å². The number of aliphatic hydroxyl groups is 1. The van der Waals surface area contributed by atoms with Gasteiger partial charge in [0.25, 0.3) is 0 Å². The summed E-state index contributed by atoms with van der Waals surface area (Å²) in [5.41, 5.74) is -1.18. The second kappa shape index (κ2) is 9.15. The number of Topliss-reactive ketones (excluding diaryl/α,β-unsaturated/α-hetero) is 1. The summed E-state index contributed by atoms with van der Waals surface area (Å²) in [7, 11) is -1.52. The summed E-state index contributed by atoms with van der Waals surface area (Å²) in [6.45, 7) is 13.8. The van der Waals surface area contributed by atoms with Gasteiger partial charge in [0.1, 0.15) is 5.60 Å². The zero-order chi connectivity index (χ0) is 19.3. The van der Waals surface area contributed by atoms with E-state index in [4.69, 9.17) is 17.0 Å². The second-order valence-electron chi connectivity index (χ2n) is 9.25. The van der Waals surface area contributed by atoms with E-state index in [1.54, 1.807) is 17.8 Å². The lowest BCUT2D eigenvalue weighted by Gasteiger charge is -2.31. The summed E-state index contributed by atoms with van der Waals surface area (Å²) < 4.78 is 6.32. The molecule has 0 heterocycles. The first-order valence-corrected chi connectivity index (χ1v) is 14.0. The van der Waals surface area contributed by atoms with Crippen LogP contribution in [-0.2, 0) is 9.53 Å². The average molecular weight is 403 g/mol. The van der Waals surface area contributed by atoms with Gasteiger partial charge in [-0.15, -0.1) is 0 Å². The van der Waals surface area contributed by atoms with Gasteiger partial charge < -0.3 is 9.84 Å². The lowest BCUT2D eigenvalue weighted by atomic mass is 9.85. The van der Waals surface area contributed by atoms with Crippen LogP contribution in [-0.4, -0.2) is 40.4 Å². The fourth-order valence-corrected chi connectivity index (χ4v) is 6.66. The lowest BCUT2D eigenvalue weighted by molar-refractivity contribution is -0.133. The van der Waals surface area contributed by atoms with Gasteiger partial charge in [0.05, 0.1) is 14.7 Å². The summed E-state index contributed by atoms with van der Waals surface area (Å²) in [6, 6.07) is 0. The molecule has 0 radical (unpaired) electrons. The smallest absolute Gasteiger partial charge is 0.219 e. The Bertz CT molecular complexity index is 506. The highest BCUT2D eigenvalue weighted by Gasteiger charge is 2.36. The summed E-state index contributed by atoms with van der Waals surface area (Å²) in [5, 5.41) is 10.5. The molecule has 25 heavy (non-hydrogen) atoms. The molecular formula is C19H34O3S2Si. The molecule has 0 aromatic rings. The van der Waals surface area contributed by atoms with Gasteiger partial charge >= 0.3 is 0 Å². The molecular weight excluding hydrogens is 368 g/mol. The minimum Gasteiger partial charge on any atom is -0.478 e. The van der Waals surface area contributed by atoms with E-state index in [9.17, 15) is 9.90 Å². The van der Waals surface area contributed by atoms with Crippen LogP contribution >= 0.6 is 24.0 Å². The lowest BCUT2D eigenvalue weighted by Crippen LogP contribution is -2.41. The highest BCUT2D eigenvalue weighted by molar-refractivity contribution is 8.23. The monoisotopic (exact) mass is 402 g/mol. The maximum absolute atomic E-state index is 12.5. The number of thiocarbonyl (C=S) groups is 1. The molecule has 1 aliphatic carbocycles. The van der Waals surface area contributed by atoms with Crippen LogP contribution in [0.3, 0.4) is 0 Å². The van der Waals surface area contributed by atoms with E-state index in [2.05, 4.69) is 40.4 Å². The third-order valence-electron chi connectivity index (χ3n) is 4.27. The van der Waals surface area contributed by atoms with Crippen molar-refractivity contribution in [2.75, 3.05) is 6.61 Å². The number of hydrogen-bond acceptors (Lipinski definition) is 5. The maximum atomic E-state index is 12.5. The Hall–Kier alpha value is -0.173. The Morgan fingerprint density at radius 2 is 2.04 bits per heavy atom. The molecule has 2 atom stereocenters. The van der Waals surface area contributed by atoms with E-state index in [0.29, 0.717) is 28.7 Å². The van der Waals surface area contributed by atoms with Gasteiger partial charge in [0.2, 0.25) is 4.38 Å². The number of carbonyl (C=O) groups excluding carboxylic acids is 1. The number of hydrogen-bond donors (Lipinski definition) is 1. The average Bonchev–Trinajstić information content (AvgIpc) is 2.48. The van der Waals surface area contributed by atoms with E-state index >= 15 is 0 Å². The molecule has 144 valence electrons. The Morgan fingerprint density at radius 3 is 2.52 bits per heavy atom. The van der Waals surface area contributed by atoms with Gasteiger partial charge in [-0.25, -0.2) is 0 Å². The largest absolute Gasteiger partial charge is 0.478 e. The van der Waals surface area contributed by atoms with Gasteiger partial charge in [-0.05, 0) is 49.4 Å². The van der Waals surface area contributed by atoms with E-state index in [-0.39, 0.29) is 11.2 Å². The molecule has 0 aromatic carbocycles. The molecule has 0 saturated carbocycles. The molecule has 3 nitrogen and oxygen atoms in total. The molecule has 0 saturated heterocycles. The van der Waals surface area contributed by atoms with Crippen LogP contribution in [0.4, 0.5) is 0 Å². The van der Waals surface area contributed by atoms with E-state index < -0.39 is 13.7 Å². The minimum atomic E-state index is -1.52. The van der Waals surface area contributed by atoms with Gasteiger partial charge in [0.15, 0.2) is 5.78 Å². The van der Waals surface area contributed by atoms with Crippen molar-refractivity contribution in [3.05, 3.63) is 12.2 Å². The van der Waals surface area contributed by atoms with Crippen molar-refractivity contribution in [1.82, 2.24) is 0 Å². The predicted molar refractivity (Wildman–Crippen MR) is 115 cm³/mol. The van der Waals surface area contributed by atoms with Crippen LogP contribution in [0, 0.1) is 5.41 Å². The quantitative estimate of drug-likeness (QED) is 0.363. The number of rotatable bonds is 7. The van der Waals surface area contributed by atoms with Crippen molar-refractivity contribution >= 4 is 42.2 Å². The predicted octanol–water partition coefficient (Wildman–Crippen LogP) is 5.13. The van der Waals surface area contributed by atoms with E-state index in [0.717, 1.165) is 19.3 Å². The number of ketones is 1. The van der Waals surface area contributed by atoms with Gasteiger partial charge in [0, 0.05) is 11.3 Å². The molecule has 1 aliphatic rings. The second-order valence-corrected chi connectivity index (χ2v) is 16.9. The maximum Gasteiger partial charge on any atom is 0.219 e. The first kappa shape index (κ1) is 22.9. The number of allylic oxidation sites excluding steroid dienone is 1. The van der Waals surface area contributed by atoms with Gasteiger partial charge in [-0.3, -0.25) is 4.79 Å². The molecule has 1 N–H and O–H groups in total. The Morgan fingerprint density at radius 1 is 1.40 bits per heavy atom. The van der Waals surface area contributed by atoms with Crippen molar-refractivity contribution in [2.24, 2.45) is 5.41 Å². The summed E-state index contributed by atoms with van der Waals surface area (Å²) in [5.74, 6) is -0.0613. The molecule has 0 spiro atoms. The minimum absolute atomic E-state index is 0.0613. The van der Waals surface area contributed by atoms with Gasteiger partial charge in [-0.2, -0.15) is 0 Å². The van der Waals surface area contributed by atoms with Crippen molar-refractivity contribution in [1.29, 1.82) is 0 Å². The first-order valence-electron chi connectivity index (χ1n) is 9.10. The van der Waals surface area contributed by atoms with Gasteiger partial charge in [-0.1, -0.05) is 58.3 Å². The van der Waals surface area contributed by atoms with Crippen LogP contribution in [0.2, 0.25) is 19.6 Å². The normalized spacial score (nSPS) is 22.5. The SMILES string of the molecule is CC(C)(C)COC(=S)SC(CCC(=O)C1(O)C=CCCC1)[Si](C)(C)C. The van der Waals surface area contributed by atoms with Crippen LogP contribution in [0.25, 0.3) is 0 Å². The van der Waals surface area contributed by atoms with E-state index in [1.807, 2.05) is 6.08 Å². The van der Waals surface area contributed by atoms with E-state index in [1.165, 1.54) is 0 Å². The molecule has 1 rings (SSSR count).